The van der Waals surface area contributed by atoms with Crippen molar-refractivity contribution in [3.05, 3.63) is 51.1 Å². The van der Waals surface area contributed by atoms with E-state index in [2.05, 4.69) is 6.08 Å². The van der Waals surface area contributed by atoms with E-state index < -0.39 is 39.7 Å². The number of hydrogen-bond donors (Lipinski definition) is 3. The molecule has 37 heavy (non-hydrogen) atoms. The second kappa shape index (κ2) is 8.00. The number of fused-ring (bicyclic) bond motifs is 3. The lowest BCUT2D eigenvalue weighted by Gasteiger charge is -2.60. The molecule has 0 amide bonds. The molecule has 2 fully saturated rings. The minimum Gasteiger partial charge on any atom is -0.507 e. The van der Waals surface area contributed by atoms with Crippen LogP contribution in [-0.2, 0) is 20.8 Å². The molecule has 196 valence electrons. The minimum absolute atomic E-state index is 0.0398. The number of rotatable bonds is 3. The first kappa shape index (κ1) is 25.7. The molecule has 0 unspecified atom stereocenters. The smallest absolute Gasteiger partial charge is 0.206 e. The molecule has 4 aliphatic rings. The number of Topliss-reactive ketones (excluding diaryl/α,β-unsaturated/α-hetero) is 3. The van der Waals surface area contributed by atoms with Gasteiger partial charge in [-0.25, -0.2) is 0 Å². The summed E-state index contributed by atoms with van der Waals surface area (Å²) in [6, 6.07) is 3.35. The highest BCUT2D eigenvalue weighted by molar-refractivity contribution is 6.33. The van der Waals surface area contributed by atoms with Crippen molar-refractivity contribution in [1.29, 1.82) is 0 Å². The summed E-state index contributed by atoms with van der Waals surface area (Å²) >= 11 is 0. The van der Waals surface area contributed by atoms with Gasteiger partial charge < -0.3 is 15.3 Å². The van der Waals surface area contributed by atoms with Crippen LogP contribution in [-0.4, -0.2) is 38.3 Å². The first-order chi connectivity index (χ1) is 17.2. The predicted molar refractivity (Wildman–Crippen MR) is 141 cm³/mol. The molecule has 0 bridgehead atoms. The van der Waals surface area contributed by atoms with Crippen LogP contribution in [0.2, 0.25) is 0 Å². The highest BCUT2D eigenvalue weighted by Crippen LogP contribution is 2.65. The Kier molecular flexibility index (Phi) is 5.55. The molecule has 1 aromatic rings. The van der Waals surface area contributed by atoms with Crippen LogP contribution in [0.25, 0.3) is 11.8 Å². The van der Waals surface area contributed by atoms with E-state index in [0.717, 1.165) is 30.4 Å². The summed E-state index contributed by atoms with van der Waals surface area (Å²) in [7, 11) is 0. The largest absolute Gasteiger partial charge is 0.507 e. The van der Waals surface area contributed by atoms with E-state index >= 15 is 0 Å². The summed E-state index contributed by atoms with van der Waals surface area (Å²) in [5.74, 6) is -3.24. The lowest BCUT2D eigenvalue weighted by molar-refractivity contribution is -0.180. The third-order valence-corrected chi connectivity index (χ3v) is 9.59. The number of carbonyl (C=O) groups excluding carboxylic acids is 3. The summed E-state index contributed by atoms with van der Waals surface area (Å²) in [5.41, 5.74) is -0.970. The summed E-state index contributed by atoms with van der Waals surface area (Å²) in [6.07, 6.45) is 5.92. The fourth-order valence-electron chi connectivity index (χ4n) is 8.15. The van der Waals surface area contributed by atoms with Gasteiger partial charge in [-0.15, -0.1) is 0 Å². The van der Waals surface area contributed by atoms with E-state index in [0.29, 0.717) is 12.0 Å². The van der Waals surface area contributed by atoms with Crippen molar-refractivity contribution in [2.45, 2.75) is 79.2 Å². The Morgan fingerprint density at radius 3 is 2.30 bits per heavy atom. The van der Waals surface area contributed by atoms with Gasteiger partial charge in [-0.3, -0.25) is 14.4 Å². The van der Waals surface area contributed by atoms with Crippen molar-refractivity contribution in [2.24, 2.45) is 22.7 Å². The molecule has 5 rings (SSSR count). The number of aliphatic hydroxyl groups is 2. The average Bonchev–Trinajstić information content (AvgIpc) is 2.74. The van der Waals surface area contributed by atoms with Gasteiger partial charge >= 0.3 is 0 Å². The second-order valence-corrected chi connectivity index (χ2v) is 12.4. The molecular weight excluding hydrogens is 468 g/mol. The van der Waals surface area contributed by atoms with Gasteiger partial charge in [0, 0.05) is 16.4 Å². The van der Waals surface area contributed by atoms with Crippen molar-refractivity contribution < 1.29 is 29.7 Å². The van der Waals surface area contributed by atoms with Crippen molar-refractivity contribution in [3.63, 3.8) is 0 Å². The standard InChI is InChI=1S/C31H36O6/c1-15(2)24-16(3)22(17(4)32)27(35)31(37)28(36)25-26(34)23-20(13-29(25,5)14-30(24,31)6)19(10-11-21(23)33)12-18-8-7-9-18/h10-12,15,24,33-34,37H,7-9,13-14H2,1-6H3/t24-,29+,30+,31-/m1/s1. The Balaban J connectivity index is 1.79. The van der Waals surface area contributed by atoms with Crippen LogP contribution >= 0.6 is 0 Å². The first-order valence-electron chi connectivity index (χ1n) is 13.2. The zero-order valence-electron chi connectivity index (χ0n) is 22.5. The maximum Gasteiger partial charge on any atom is 0.206 e. The SMILES string of the molecule is CC(=O)C1=C(C)[C@@H](C(C)C)[C@]2(C)C[C@]3(C)Cc4c(C=C5CCC5)ccc(O)c4C(O)=C3C(=O)[C@]2(O)C1=O. The van der Waals surface area contributed by atoms with Crippen LogP contribution < -0.4 is 0 Å². The van der Waals surface area contributed by atoms with E-state index in [9.17, 15) is 29.7 Å². The number of phenols is 1. The zero-order chi connectivity index (χ0) is 27.2. The molecule has 4 atom stereocenters. The molecule has 6 heteroatoms. The molecule has 2 saturated carbocycles. The van der Waals surface area contributed by atoms with E-state index in [-0.39, 0.29) is 40.6 Å². The molecule has 0 spiro atoms. The number of ketones is 3. The van der Waals surface area contributed by atoms with Gasteiger partial charge in [-0.1, -0.05) is 51.0 Å². The Hall–Kier alpha value is -2.99. The maximum atomic E-state index is 14.3. The van der Waals surface area contributed by atoms with Gasteiger partial charge in [0.2, 0.25) is 11.6 Å². The normalized spacial score (nSPS) is 33.2. The highest BCUT2D eigenvalue weighted by Gasteiger charge is 2.71. The number of benzene rings is 1. The minimum atomic E-state index is -2.50. The van der Waals surface area contributed by atoms with Crippen LogP contribution in [0, 0.1) is 22.7 Å². The Labute approximate surface area is 217 Å². The number of carbonyl (C=O) groups is 3. The second-order valence-electron chi connectivity index (χ2n) is 12.4. The van der Waals surface area contributed by atoms with Gasteiger partial charge in [0.25, 0.3) is 0 Å². The molecule has 6 nitrogen and oxygen atoms in total. The van der Waals surface area contributed by atoms with Crippen molar-refractivity contribution in [1.82, 2.24) is 0 Å². The van der Waals surface area contributed by atoms with Gasteiger partial charge in [-0.2, -0.15) is 0 Å². The number of hydrogen-bond acceptors (Lipinski definition) is 6. The molecule has 0 heterocycles. The number of allylic oxidation sites excluding steroid dienone is 2. The first-order valence-corrected chi connectivity index (χ1v) is 13.2. The van der Waals surface area contributed by atoms with Crippen LogP contribution in [0.1, 0.15) is 83.9 Å². The molecule has 0 aliphatic heterocycles. The number of aliphatic hydroxyl groups excluding tert-OH is 1. The fraction of sp³-hybridized carbons (Fsp3) is 0.516. The van der Waals surface area contributed by atoms with Crippen molar-refractivity contribution in [3.8, 4) is 5.75 Å². The average molecular weight is 505 g/mol. The Morgan fingerprint density at radius 2 is 1.76 bits per heavy atom. The Morgan fingerprint density at radius 1 is 1.11 bits per heavy atom. The lowest BCUT2D eigenvalue weighted by Crippen LogP contribution is -2.70. The van der Waals surface area contributed by atoms with Crippen LogP contribution in [0.5, 0.6) is 5.75 Å². The summed E-state index contributed by atoms with van der Waals surface area (Å²) in [5, 5.41) is 34.5. The molecule has 1 aromatic carbocycles. The zero-order valence-corrected chi connectivity index (χ0v) is 22.5. The summed E-state index contributed by atoms with van der Waals surface area (Å²) in [4.78, 5) is 40.7. The number of phenolic OH excluding ortho intramolecular Hbond substituents is 1. The third kappa shape index (κ3) is 3.17. The Bertz CT molecular complexity index is 1370. The van der Waals surface area contributed by atoms with Gasteiger partial charge in [-0.05, 0) is 75.0 Å². The molecule has 3 N–H and O–H groups in total. The summed E-state index contributed by atoms with van der Waals surface area (Å²) in [6.45, 7) is 10.7. The van der Waals surface area contributed by atoms with Crippen molar-refractivity contribution >= 4 is 29.2 Å². The molecule has 0 radical (unpaired) electrons. The van der Waals surface area contributed by atoms with E-state index in [1.165, 1.54) is 18.6 Å². The molecule has 0 aromatic heterocycles. The van der Waals surface area contributed by atoms with Gasteiger partial charge in [0.1, 0.15) is 11.5 Å². The van der Waals surface area contributed by atoms with Crippen LogP contribution in [0.4, 0.5) is 0 Å². The summed E-state index contributed by atoms with van der Waals surface area (Å²) < 4.78 is 0. The van der Waals surface area contributed by atoms with Crippen LogP contribution in [0.15, 0.2) is 34.4 Å². The fourth-order valence-corrected chi connectivity index (χ4v) is 8.15. The monoisotopic (exact) mass is 504 g/mol. The van der Waals surface area contributed by atoms with Crippen LogP contribution in [0.3, 0.4) is 0 Å². The van der Waals surface area contributed by atoms with Gasteiger partial charge in [0.15, 0.2) is 11.4 Å². The molecule has 0 saturated heterocycles. The van der Waals surface area contributed by atoms with E-state index in [4.69, 9.17) is 0 Å². The third-order valence-electron chi connectivity index (χ3n) is 9.59. The van der Waals surface area contributed by atoms with Gasteiger partial charge in [0.05, 0.1) is 11.1 Å². The maximum absolute atomic E-state index is 14.3. The molecule has 4 aliphatic carbocycles. The predicted octanol–water partition coefficient (Wildman–Crippen LogP) is 5.26. The van der Waals surface area contributed by atoms with E-state index in [1.807, 2.05) is 26.8 Å². The van der Waals surface area contributed by atoms with Crippen molar-refractivity contribution in [2.75, 3.05) is 0 Å². The molecular formula is C31H36O6. The highest BCUT2D eigenvalue weighted by atomic mass is 16.3. The lowest BCUT2D eigenvalue weighted by atomic mass is 9.42. The van der Waals surface area contributed by atoms with E-state index in [1.54, 1.807) is 13.8 Å². The quantitative estimate of drug-likeness (QED) is 0.382. The topological polar surface area (TPSA) is 112 Å². The number of aromatic hydroxyl groups is 1.